The minimum Gasteiger partial charge on any atom is -0.444 e. The van der Waals surface area contributed by atoms with Crippen LogP contribution in [0, 0.1) is 0 Å². The number of carbonyl (C=O) groups excluding carboxylic acids is 2. The van der Waals surface area contributed by atoms with Crippen LogP contribution < -0.4 is 5.32 Å². The van der Waals surface area contributed by atoms with E-state index in [1.807, 2.05) is 37.3 Å². The van der Waals surface area contributed by atoms with Gasteiger partial charge in [0, 0.05) is 12.1 Å². The van der Waals surface area contributed by atoms with E-state index in [2.05, 4.69) is 5.32 Å². The summed E-state index contributed by atoms with van der Waals surface area (Å²) in [6, 6.07) is 9.54. The van der Waals surface area contributed by atoms with Gasteiger partial charge in [-0.2, -0.15) is 0 Å². The van der Waals surface area contributed by atoms with Crippen molar-refractivity contribution in [1.29, 1.82) is 0 Å². The highest BCUT2D eigenvalue weighted by molar-refractivity contribution is 5.98. The van der Waals surface area contributed by atoms with Crippen LogP contribution in [0.15, 0.2) is 41.6 Å². The van der Waals surface area contributed by atoms with Gasteiger partial charge in [-0.3, -0.25) is 9.69 Å². The Morgan fingerprint density at radius 3 is 2.86 bits per heavy atom. The third-order valence-electron chi connectivity index (χ3n) is 3.93. The minimum absolute atomic E-state index is 0.0308. The molecule has 5 heteroatoms. The first-order valence-electron chi connectivity index (χ1n) is 7.22. The van der Waals surface area contributed by atoms with Crippen molar-refractivity contribution in [1.82, 2.24) is 10.2 Å². The number of hydrogen-bond acceptors (Lipinski definition) is 3. The van der Waals surface area contributed by atoms with Crippen LogP contribution in [0.3, 0.4) is 0 Å². The van der Waals surface area contributed by atoms with Crippen molar-refractivity contribution < 1.29 is 14.3 Å². The molecule has 3 rings (SSSR count). The number of nitrogens with one attached hydrogen (secondary N) is 1. The Morgan fingerprint density at radius 2 is 2.14 bits per heavy atom. The topological polar surface area (TPSA) is 58.6 Å². The molecule has 2 aliphatic rings. The SMILES string of the molecule is CCC1=C2[C@H](CCN2C(=O)OCc2ccccc2)NC1=O. The number of nitrogens with zero attached hydrogens (tertiary/aromatic N) is 1. The molecule has 0 bridgehead atoms. The number of benzene rings is 1. The number of hydrogen-bond donors (Lipinski definition) is 1. The summed E-state index contributed by atoms with van der Waals surface area (Å²) < 4.78 is 5.36. The lowest BCUT2D eigenvalue weighted by Gasteiger charge is -2.18. The third kappa shape index (κ3) is 2.51. The predicted octanol–water partition coefficient (Wildman–Crippen LogP) is 2.19. The lowest BCUT2D eigenvalue weighted by atomic mass is 10.1. The smallest absolute Gasteiger partial charge is 0.414 e. The molecule has 1 atom stereocenters. The molecule has 5 nitrogen and oxygen atoms in total. The first kappa shape index (κ1) is 13.7. The fourth-order valence-corrected chi connectivity index (χ4v) is 2.91. The molecule has 1 fully saturated rings. The second-order valence-corrected chi connectivity index (χ2v) is 5.22. The Morgan fingerprint density at radius 1 is 1.38 bits per heavy atom. The van der Waals surface area contributed by atoms with Gasteiger partial charge in [-0.1, -0.05) is 37.3 Å². The highest BCUT2D eigenvalue weighted by Crippen LogP contribution is 2.31. The van der Waals surface area contributed by atoms with Crippen LogP contribution in [0.4, 0.5) is 4.79 Å². The van der Waals surface area contributed by atoms with Gasteiger partial charge in [0.1, 0.15) is 6.61 Å². The zero-order valence-corrected chi connectivity index (χ0v) is 12.0. The van der Waals surface area contributed by atoms with Gasteiger partial charge in [0.15, 0.2) is 0 Å². The number of ether oxygens (including phenoxy) is 1. The van der Waals surface area contributed by atoms with E-state index in [1.54, 1.807) is 4.90 Å². The Bertz CT molecular complexity index is 595. The van der Waals surface area contributed by atoms with Gasteiger partial charge in [0.05, 0.1) is 11.7 Å². The average molecular weight is 286 g/mol. The molecule has 2 amide bonds. The van der Waals surface area contributed by atoms with E-state index in [0.29, 0.717) is 18.5 Å². The summed E-state index contributed by atoms with van der Waals surface area (Å²) in [4.78, 5) is 25.7. The van der Waals surface area contributed by atoms with Gasteiger partial charge in [-0.15, -0.1) is 0 Å². The molecule has 1 aromatic rings. The van der Waals surface area contributed by atoms with E-state index < -0.39 is 0 Å². The third-order valence-corrected chi connectivity index (χ3v) is 3.93. The first-order chi connectivity index (χ1) is 10.2. The summed E-state index contributed by atoms with van der Waals surface area (Å²) in [6.07, 6.45) is 1.00. The predicted molar refractivity (Wildman–Crippen MR) is 77.2 cm³/mol. The average Bonchev–Trinajstić information content (AvgIpc) is 3.03. The molecule has 21 heavy (non-hydrogen) atoms. The maximum absolute atomic E-state index is 12.3. The molecule has 0 unspecified atom stereocenters. The zero-order valence-electron chi connectivity index (χ0n) is 12.0. The van der Waals surface area contributed by atoms with Crippen molar-refractivity contribution in [2.75, 3.05) is 6.54 Å². The molecular weight excluding hydrogens is 268 g/mol. The van der Waals surface area contributed by atoms with Crippen molar-refractivity contribution in [3.8, 4) is 0 Å². The van der Waals surface area contributed by atoms with E-state index in [1.165, 1.54) is 0 Å². The van der Waals surface area contributed by atoms with Crippen LogP contribution in [0.1, 0.15) is 25.3 Å². The van der Waals surface area contributed by atoms with Gasteiger partial charge in [0.2, 0.25) is 5.91 Å². The maximum Gasteiger partial charge on any atom is 0.414 e. The summed E-state index contributed by atoms with van der Waals surface area (Å²) in [5, 5.41) is 2.91. The summed E-state index contributed by atoms with van der Waals surface area (Å²) in [7, 11) is 0. The Labute approximate surface area is 123 Å². The van der Waals surface area contributed by atoms with Crippen LogP contribution in [-0.2, 0) is 16.1 Å². The summed E-state index contributed by atoms with van der Waals surface area (Å²) in [6.45, 7) is 2.77. The highest BCUT2D eigenvalue weighted by atomic mass is 16.6. The van der Waals surface area contributed by atoms with E-state index in [9.17, 15) is 9.59 Å². The van der Waals surface area contributed by atoms with Gasteiger partial charge >= 0.3 is 6.09 Å². The van der Waals surface area contributed by atoms with Gasteiger partial charge in [-0.05, 0) is 18.4 Å². The maximum atomic E-state index is 12.3. The second-order valence-electron chi connectivity index (χ2n) is 5.22. The Kier molecular flexibility index (Phi) is 3.64. The molecule has 1 aromatic carbocycles. The summed E-state index contributed by atoms with van der Waals surface area (Å²) in [5.74, 6) is -0.0574. The van der Waals surface area contributed by atoms with E-state index in [-0.39, 0.29) is 24.6 Å². The van der Waals surface area contributed by atoms with Crippen LogP contribution in [0.25, 0.3) is 0 Å². The Hall–Kier alpha value is -2.30. The van der Waals surface area contributed by atoms with Crippen molar-refractivity contribution >= 4 is 12.0 Å². The molecule has 0 radical (unpaired) electrons. The molecule has 110 valence electrons. The summed E-state index contributed by atoms with van der Waals surface area (Å²) in [5.41, 5.74) is 2.46. The van der Waals surface area contributed by atoms with E-state index >= 15 is 0 Å². The lowest BCUT2D eigenvalue weighted by Crippen LogP contribution is -2.29. The summed E-state index contributed by atoms with van der Waals surface area (Å²) >= 11 is 0. The number of likely N-dealkylation sites (tertiary alicyclic amines) is 1. The van der Waals surface area contributed by atoms with Gasteiger partial charge in [0.25, 0.3) is 0 Å². The van der Waals surface area contributed by atoms with Gasteiger partial charge < -0.3 is 10.1 Å². The zero-order chi connectivity index (χ0) is 14.8. The van der Waals surface area contributed by atoms with Crippen LogP contribution in [0.5, 0.6) is 0 Å². The first-order valence-corrected chi connectivity index (χ1v) is 7.22. The van der Waals surface area contributed by atoms with Crippen LogP contribution in [0.2, 0.25) is 0 Å². The van der Waals surface area contributed by atoms with Crippen molar-refractivity contribution in [3.63, 3.8) is 0 Å². The fourth-order valence-electron chi connectivity index (χ4n) is 2.91. The number of amides is 2. The second kappa shape index (κ2) is 5.60. The number of fused-ring (bicyclic) bond motifs is 1. The fraction of sp³-hybridized carbons (Fsp3) is 0.375. The minimum atomic E-state index is -0.376. The normalized spacial score (nSPS) is 20.5. The quantitative estimate of drug-likeness (QED) is 0.926. The number of rotatable bonds is 3. The monoisotopic (exact) mass is 286 g/mol. The molecule has 1 N–H and O–H groups in total. The van der Waals surface area contributed by atoms with Crippen molar-refractivity contribution in [3.05, 3.63) is 47.2 Å². The molecule has 0 aliphatic carbocycles. The molecule has 0 aromatic heterocycles. The van der Waals surface area contributed by atoms with Gasteiger partial charge in [-0.25, -0.2) is 4.79 Å². The molecule has 0 saturated carbocycles. The van der Waals surface area contributed by atoms with Crippen LogP contribution in [-0.4, -0.2) is 29.5 Å². The molecule has 1 saturated heterocycles. The van der Waals surface area contributed by atoms with Crippen molar-refractivity contribution in [2.24, 2.45) is 0 Å². The van der Waals surface area contributed by atoms with E-state index in [0.717, 1.165) is 17.7 Å². The molecule has 2 aliphatic heterocycles. The van der Waals surface area contributed by atoms with E-state index in [4.69, 9.17) is 4.74 Å². The highest BCUT2D eigenvalue weighted by Gasteiger charge is 2.41. The molecule has 0 spiro atoms. The largest absolute Gasteiger partial charge is 0.444 e. The lowest BCUT2D eigenvalue weighted by molar-refractivity contribution is -0.117. The number of carbonyl (C=O) groups is 2. The molecule has 2 heterocycles. The van der Waals surface area contributed by atoms with Crippen molar-refractivity contribution in [2.45, 2.75) is 32.4 Å². The molecular formula is C16H18N2O3. The standard InChI is InChI=1S/C16H18N2O3/c1-2-12-14-13(17-15(12)19)8-9-18(14)16(20)21-10-11-6-4-3-5-7-11/h3-7,13H,2,8-10H2,1H3,(H,17,19)/t13-/m0/s1. The van der Waals surface area contributed by atoms with Crippen LogP contribution >= 0.6 is 0 Å². The Balaban J connectivity index is 1.70.